The van der Waals surface area contributed by atoms with E-state index in [1.54, 1.807) is 0 Å². The molecule has 54 valence electrons. The van der Waals surface area contributed by atoms with Gasteiger partial charge in [-0.15, -0.1) is 0 Å². The molecule has 0 atom stereocenters. The minimum Gasteiger partial charge on any atom is -0.399 e. The van der Waals surface area contributed by atoms with Crippen molar-refractivity contribution in [2.45, 2.75) is 6.42 Å². The van der Waals surface area contributed by atoms with Crippen LogP contribution < -0.4 is 5.73 Å². The molecule has 0 heterocycles. The van der Waals surface area contributed by atoms with Crippen molar-refractivity contribution < 1.29 is 0 Å². The zero-order valence-corrected chi connectivity index (χ0v) is 6.64. The van der Waals surface area contributed by atoms with Crippen LogP contribution in [0.3, 0.4) is 0 Å². The number of nitrogen functional groups attached to an aromatic ring is 1. The minimum absolute atomic E-state index is 0.833. The molecule has 0 saturated carbocycles. The van der Waals surface area contributed by atoms with E-state index >= 15 is 0 Å². The Labute approximate surface area is 66.7 Å². The molecular weight excluding hydrogens is 142 g/mol. The van der Waals surface area contributed by atoms with Crippen LogP contribution in [0, 0.1) is 0 Å². The summed E-state index contributed by atoms with van der Waals surface area (Å²) >= 11 is 4.13. The molecule has 0 aliphatic carbocycles. The molecule has 0 amide bonds. The molecule has 0 aliphatic heterocycles. The molecule has 1 aromatic carbocycles. The fourth-order valence-corrected chi connectivity index (χ4v) is 1.14. The summed E-state index contributed by atoms with van der Waals surface area (Å²) in [6, 6.07) is 7.90. The van der Waals surface area contributed by atoms with Gasteiger partial charge in [0, 0.05) is 5.69 Å². The summed E-state index contributed by atoms with van der Waals surface area (Å²) < 4.78 is 0. The fraction of sp³-hybridized carbons (Fsp3) is 0.250. The Morgan fingerprint density at radius 2 is 2.20 bits per heavy atom. The minimum atomic E-state index is 0.833. The smallest absolute Gasteiger partial charge is 0.0316 e. The van der Waals surface area contributed by atoms with E-state index in [0.717, 1.165) is 17.9 Å². The number of hydrogen-bond donors (Lipinski definition) is 2. The van der Waals surface area contributed by atoms with Gasteiger partial charge in [-0.2, -0.15) is 12.6 Å². The van der Waals surface area contributed by atoms with Crippen LogP contribution in [0.5, 0.6) is 0 Å². The average Bonchev–Trinajstić information content (AvgIpc) is 1.88. The normalized spacial score (nSPS) is 9.70. The summed E-state index contributed by atoms with van der Waals surface area (Å²) in [6.07, 6.45) is 0.994. The highest BCUT2D eigenvalue weighted by molar-refractivity contribution is 7.80. The summed E-state index contributed by atoms with van der Waals surface area (Å²) in [5, 5.41) is 0. The Kier molecular flexibility index (Phi) is 2.63. The Balaban J connectivity index is 2.75. The van der Waals surface area contributed by atoms with E-state index in [1.165, 1.54) is 5.56 Å². The zero-order chi connectivity index (χ0) is 7.40. The van der Waals surface area contributed by atoms with Crippen LogP contribution in [0.4, 0.5) is 5.69 Å². The first-order valence-electron chi connectivity index (χ1n) is 3.28. The maximum Gasteiger partial charge on any atom is 0.0316 e. The fourth-order valence-electron chi connectivity index (χ4n) is 0.878. The highest BCUT2D eigenvalue weighted by Gasteiger charge is 1.89. The van der Waals surface area contributed by atoms with E-state index < -0.39 is 0 Å². The van der Waals surface area contributed by atoms with Crippen molar-refractivity contribution in [1.82, 2.24) is 0 Å². The Bertz CT molecular complexity index is 210. The van der Waals surface area contributed by atoms with E-state index in [2.05, 4.69) is 18.7 Å². The first kappa shape index (κ1) is 7.48. The SMILES string of the molecule is Nc1cccc(CCS)c1. The molecule has 0 spiro atoms. The van der Waals surface area contributed by atoms with Crippen molar-refractivity contribution >= 4 is 18.3 Å². The second kappa shape index (κ2) is 3.52. The molecule has 0 radical (unpaired) electrons. The van der Waals surface area contributed by atoms with Gasteiger partial charge in [-0.25, -0.2) is 0 Å². The van der Waals surface area contributed by atoms with Crippen LogP contribution in [-0.2, 0) is 6.42 Å². The number of anilines is 1. The van der Waals surface area contributed by atoms with Gasteiger partial charge < -0.3 is 5.73 Å². The molecule has 0 saturated heterocycles. The van der Waals surface area contributed by atoms with Gasteiger partial charge >= 0.3 is 0 Å². The second-order valence-corrected chi connectivity index (χ2v) is 2.67. The van der Waals surface area contributed by atoms with Crippen LogP contribution >= 0.6 is 12.6 Å². The Hall–Kier alpha value is -0.630. The third-order valence-corrected chi connectivity index (χ3v) is 1.58. The molecule has 1 rings (SSSR count). The average molecular weight is 153 g/mol. The predicted octanol–water partition coefficient (Wildman–Crippen LogP) is 1.74. The monoisotopic (exact) mass is 153 g/mol. The first-order chi connectivity index (χ1) is 4.83. The molecule has 0 aromatic heterocycles. The highest BCUT2D eigenvalue weighted by Crippen LogP contribution is 2.06. The molecule has 0 aliphatic rings. The summed E-state index contributed by atoms with van der Waals surface area (Å²) in [7, 11) is 0. The number of rotatable bonds is 2. The third kappa shape index (κ3) is 1.95. The molecule has 1 aromatic rings. The van der Waals surface area contributed by atoms with Crippen molar-refractivity contribution in [3.8, 4) is 0 Å². The van der Waals surface area contributed by atoms with Gasteiger partial charge in [0.25, 0.3) is 0 Å². The van der Waals surface area contributed by atoms with Crippen molar-refractivity contribution in [3.05, 3.63) is 29.8 Å². The van der Waals surface area contributed by atoms with Gasteiger partial charge in [0.1, 0.15) is 0 Å². The van der Waals surface area contributed by atoms with Crippen LogP contribution in [0.15, 0.2) is 24.3 Å². The summed E-state index contributed by atoms with van der Waals surface area (Å²) in [4.78, 5) is 0. The molecule has 0 fully saturated rings. The maximum absolute atomic E-state index is 5.56. The molecule has 10 heavy (non-hydrogen) atoms. The zero-order valence-electron chi connectivity index (χ0n) is 5.75. The van der Waals surface area contributed by atoms with Crippen LogP contribution in [0.25, 0.3) is 0 Å². The molecule has 2 heteroatoms. The number of benzene rings is 1. The quantitative estimate of drug-likeness (QED) is 0.491. The number of thiol groups is 1. The predicted molar refractivity (Wildman–Crippen MR) is 48.4 cm³/mol. The lowest BCUT2D eigenvalue weighted by Crippen LogP contribution is -1.89. The standard InChI is InChI=1S/C8H11NS/c9-8-3-1-2-7(6-8)4-5-10/h1-3,6,10H,4-5,9H2. The number of nitrogens with two attached hydrogens (primary N) is 1. The Morgan fingerprint density at radius 3 is 2.80 bits per heavy atom. The maximum atomic E-state index is 5.56. The van der Waals surface area contributed by atoms with E-state index in [4.69, 9.17) is 5.73 Å². The first-order valence-corrected chi connectivity index (χ1v) is 3.91. The lowest BCUT2D eigenvalue weighted by molar-refractivity contribution is 1.16. The van der Waals surface area contributed by atoms with Gasteiger partial charge in [0.15, 0.2) is 0 Å². The summed E-state index contributed by atoms with van der Waals surface area (Å²) in [5.41, 5.74) is 7.66. The molecule has 1 nitrogen and oxygen atoms in total. The molecule has 0 unspecified atom stereocenters. The van der Waals surface area contributed by atoms with Crippen LogP contribution in [-0.4, -0.2) is 5.75 Å². The van der Waals surface area contributed by atoms with Gasteiger partial charge in [0.05, 0.1) is 0 Å². The lowest BCUT2D eigenvalue weighted by Gasteiger charge is -1.97. The second-order valence-electron chi connectivity index (χ2n) is 2.22. The number of aryl methyl sites for hydroxylation is 1. The lowest BCUT2D eigenvalue weighted by atomic mass is 10.1. The molecule has 0 bridgehead atoms. The van der Waals surface area contributed by atoms with E-state index in [1.807, 2.05) is 18.2 Å². The van der Waals surface area contributed by atoms with Gasteiger partial charge in [-0.1, -0.05) is 12.1 Å². The summed E-state index contributed by atoms with van der Waals surface area (Å²) in [6.45, 7) is 0. The van der Waals surface area contributed by atoms with Gasteiger partial charge in [-0.05, 0) is 29.9 Å². The largest absolute Gasteiger partial charge is 0.399 e. The molecule has 2 N–H and O–H groups in total. The van der Waals surface area contributed by atoms with Crippen molar-refractivity contribution in [3.63, 3.8) is 0 Å². The molecular formula is C8H11NS. The third-order valence-electron chi connectivity index (χ3n) is 1.35. The van der Waals surface area contributed by atoms with Crippen molar-refractivity contribution in [1.29, 1.82) is 0 Å². The van der Waals surface area contributed by atoms with Crippen LogP contribution in [0.2, 0.25) is 0 Å². The van der Waals surface area contributed by atoms with Crippen LogP contribution in [0.1, 0.15) is 5.56 Å². The topological polar surface area (TPSA) is 26.0 Å². The van der Waals surface area contributed by atoms with Gasteiger partial charge in [-0.3, -0.25) is 0 Å². The Morgan fingerprint density at radius 1 is 1.40 bits per heavy atom. The van der Waals surface area contributed by atoms with E-state index in [9.17, 15) is 0 Å². The highest BCUT2D eigenvalue weighted by atomic mass is 32.1. The van der Waals surface area contributed by atoms with E-state index in [-0.39, 0.29) is 0 Å². The summed E-state index contributed by atoms with van der Waals surface area (Å²) in [5.74, 6) is 0.878. The number of hydrogen-bond acceptors (Lipinski definition) is 2. The van der Waals surface area contributed by atoms with Crippen molar-refractivity contribution in [2.24, 2.45) is 0 Å². The van der Waals surface area contributed by atoms with Crippen molar-refractivity contribution in [2.75, 3.05) is 11.5 Å². The van der Waals surface area contributed by atoms with E-state index in [0.29, 0.717) is 0 Å². The van der Waals surface area contributed by atoms with Gasteiger partial charge in [0.2, 0.25) is 0 Å².